The van der Waals surface area contributed by atoms with Crippen LogP contribution in [0, 0.1) is 39.9 Å². The van der Waals surface area contributed by atoms with Crippen molar-refractivity contribution in [2.45, 2.75) is 129 Å². The molecule has 4 aliphatic rings. The summed E-state index contributed by atoms with van der Waals surface area (Å²) in [6.45, 7) is 15.4. The van der Waals surface area contributed by atoms with Gasteiger partial charge < -0.3 is 24.8 Å². The van der Waals surface area contributed by atoms with E-state index in [-0.39, 0.29) is 45.5 Å². The summed E-state index contributed by atoms with van der Waals surface area (Å²) in [6, 6.07) is 0. The predicted molar refractivity (Wildman–Crippen MR) is 143 cm³/mol. The van der Waals surface area contributed by atoms with Gasteiger partial charge in [-0.25, -0.2) is 0 Å². The molecular formula is C31H54O5. The molecule has 4 rings (SSSR count). The van der Waals surface area contributed by atoms with Crippen LogP contribution < -0.4 is 0 Å². The zero-order valence-electron chi connectivity index (χ0n) is 24.4. The number of aliphatic hydroxyl groups excluding tert-OH is 3. The molecule has 0 radical (unpaired) electrons. The van der Waals surface area contributed by atoms with Crippen LogP contribution in [-0.2, 0) is 9.47 Å². The molecule has 208 valence electrons. The number of methoxy groups -OCH3 is 2. The predicted octanol–water partition coefficient (Wildman–Crippen LogP) is 5.50. The zero-order chi connectivity index (χ0) is 26.9. The molecule has 4 aliphatic carbocycles. The molecule has 0 heterocycles. The maximum Gasteiger partial charge on any atom is 0.0792 e. The molecule has 4 unspecified atom stereocenters. The van der Waals surface area contributed by atoms with Crippen LogP contribution >= 0.6 is 0 Å². The summed E-state index contributed by atoms with van der Waals surface area (Å²) in [5.74, 6) is 0.368. The Bertz CT molecular complexity index is 850. The Morgan fingerprint density at radius 2 is 1.67 bits per heavy atom. The maximum absolute atomic E-state index is 12.0. The van der Waals surface area contributed by atoms with Gasteiger partial charge in [-0.3, -0.25) is 0 Å². The third kappa shape index (κ3) is 3.81. The minimum atomic E-state index is -0.508. The molecule has 4 saturated carbocycles. The summed E-state index contributed by atoms with van der Waals surface area (Å²) in [5, 5.41) is 34.7. The average molecular weight is 507 g/mol. The molecule has 5 heteroatoms. The quantitative estimate of drug-likeness (QED) is 0.414. The SMILES string of the molecule is CO[C@@]12CCC([C@](C)(CCC=C(C)C)OC)C1[C@H](O)CC1[C@@]3(C)CC[C@H](O)C(C)(C)C3[C@@H](O)C[C@]12C. The van der Waals surface area contributed by atoms with Gasteiger partial charge in [0.2, 0.25) is 0 Å². The number of hydrogen-bond donors (Lipinski definition) is 3. The number of ether oxygens (including phenoxy) is 2. The van der Waals surface area contributed by atoms with E-state index in [1.807, 2.05) is 14.2 Å². The monoisotopic (exact) mass is 506 g/mol. The van der Waals surface area contributed by atoms with Gasteiger partial charge in [-0.15, -0.1) is 0 Å². The average Bonchev–Trinajstić information content (AvgIpc) is 3.21. The van der Waals surface area contributed by atoms with Gasteiger partial charge in [0.25, 0.3) is 0 Å². The standard InChI is InChI=1S/C31H54O5/c1-19(2)11-10-14-30(7,35-8)20-12-16-31(36-9)25(20)21(32)17-23-28(5)15-13-24(34)27(3,4)26(28)22(33)18-29(23,31)6/h11,20-26,32-34H,10,12-18H2,1-9H3/t20?,21-,22+,23?,24+,25?,26?,28-,29-,30+,31+/m1/s1. The normalized spacial score (nSPS) is 49.4. The Morgan fingerprint density at radius 3 is 2.25 bits per heavy atom. The van der Waals surface area contributed by atoms with Crippen LogP contribution in [0.2, 0.25) is 0 Å². The molecule has 11 atom stereocenters. The molecule has 0 bridgehead atoms. The summed E-state index contributed by atoms with van der Waals surface area (Å²) < 4.78 is 12.9. The number of allylic oxidation sites excluding steroid dienone is 2. The molecule has 4 fully saturated rings. The lowest BCUT2D eigenvalue weighted by atomic mass is 9.36. The van der Waals surface area contributed by atoms with E-state index in [0.29, 0.717) is 6.42 Å². The lowest BCUT2D eigenvalue weighted by molar-refractivity contribution is -0.302. The molecule has 0 aromatic carbocycles. The third-order valence-electron chi connectivity index (χ3n) is 12.4. The molecule has 36 heavy (non-hydrogen) atoms. The van der Waals surface area contributed by atoms with Crippen molar-refractivity contribution in [3.8, 4) is 0 Å². The topological polar surface area (TPSA) is 79.2 Å². The molecule has 0 aliphatic heterocycles. The van der Waals surface area contributed by atoms with Gasteiger partial charge in [-0.2, -0.15) is 0 Å². The highest BCUT2D eigenvalue weighted by molar-refractivity contribution is 5.24. The Balaban J connectivity index is 1.76. The first-order valence-corrected chi connectivity index (χ1v) is 14.4. The second-order valence-electron chi connectivity index (χ2n) is 14.5. The highest BCUT2D eigenvalue weighted by atomic mass is 16.5. The Morgan fingerprint density at radius 1 is 1.00 bits per heavy atom. The van der Waals surface area contributed by atoms with E-state index in [1.54, 1.807) is 0 Å². The van der Waals surface area contributed by atoms with Crippen molar-refractivity contribution in [2.24, 2.45) is 39.9 Å². The molecule has 0 aromatic heterocycles. The van der Waals surface area contributed by atoms with Crippen LogP contribution in [-0.4, -0.2) is 59.1 Å². The van der Waals surface area contributed by atoms with E-state index < -0.39 is 23.9 Å². The smallest absolute Gasteiger partial charge is 0.0792 e. The van der Waals surface area contributed by atoms with Crippen molar-refractivity contribution < 1.29 is 24.8 Å². The Labute approximate surface area is 220 Å². The highest BCUT2D eigenvalue weighted by Crippen LogP contribution is 2.73. The van der Waals surface area contributed by atoms with Crippen LogP contribution in [0.25, 0.3) is 0 Å². The molecule has 0 amide bonds. The first-order valence-electron chi connectivity index (χ1n) is 14.4. The van der Waals surface area contributed by atoms with Crippen molar-refractivity contribution in [3.63, 3.8) is 0 Å². The van der Waals surface area contributed by atoms with Gasteiger partial charge in [-0.1, -0.05) is 39.3 Å². The van der Waals surface area contributed by atoms with E-state index in [2.05, 4.69) is 54.5 Å². The molecule has 0 saturated heterocycles. The number of hydrogen-bond acceptors (Lipinski definition) is 5. The van der Waals surface area contributed by atoms with Gasteiger partial charge in [-0.05, 0) is 101 Å². The largest absolute Gasteiger partial charge is 0.393 e. The first-order chi connectivity index (χ1) is 16.6. The number of fused-ring (bicyclic) bond motifs is 5. The number of rotatable bonds is 6. The molecule has 3 N–H and O–H groups in total. The summed E-state index contributed by atoms with van der Waals surface area (Å²) in [7, 11) is 3.65. The van der Waals surface area contributed by atoms with E-state index in [1.165, 1.54) is 5.57 Å². The van der Waals surface area contributed by atoms with Gasteiger partial charge in [0.1, 0.15) is 0 Å². The number of aliphatic hydroxyl groups is 3. The Kier molecular flexibility index (Phi) is 7.40. The highest BCUT2D eigenvalue weighted by Gasteiger charge is 2.75. The van der Waals surface area contributed by atoms with Crippen molar-refractivity contribution in [2.75, 3.05) is 14.2 Å². The van der Waals surface area contributed by atoms with E-state index in [9.17, 15) is 15.3 Å². The van der Waals surface area contributed by atoms with Crippen molar-refractivity contribution >= 4 is 0 Å². The van der Waals surface area contributed by atoms with Gasteiger partial charge in [0.05, 0.1) is 29.5 Å². The second kappa shape index (κ2) is 9.33. The molecule has 5 nitrogen and oxygen atoms in total. The van der Waals surface area contributed by atoms with Gasteiger partial charge in [0.15, 0.2) is 0 Å². The molecule has 0 spiro atoms. The lowest BCUT2D eigenvalue weighted by Gasteiger charge is -2.71. The van der Waals surface area contributed by atoms with Crippen LogP contribution in [0.1, 0.15) is 99.8 Å². The first kappa shape index (κ1) is 28.5. The Hall–Kier alpha value is -0.460. The fraction of sp³-hybridized carbons (Fsp3) is 0.935. The van der Waals surface area contributed by atoms with Crippen LogP contribution in [0.3, 0.4) is 0 Å². The van der Waals surface area contributed by atoms with Crippen molar-refractivity contribution in [1.82, 2.24) is 0 Å². The van der Waals surface area contributed by atoms with Gasteiger partial charge >= 0.3 is 0 Å². The maximum atomic E-state index is 12.0. The fourth-order valence-corrected chi connectivity index (χ4v) is 10.7. The zero-order valence-corrected chi connectivity index (χ0v) is 24.4. The van der Waals surface area contributed by atoms with Crippen molar-refractivity contribution in [1.29, 1.82) is 0 Å². The minimum absolute atomic E-state index is 0.00464. The second-order valence-corrected chi connectivity index (χ2v) is 14.5. The lowest BCUT2D eigenvalue weighted by Crippen LogP contribution is -2.73. The van der Waals surface area contributed by atoms with E-state index >= 15 is 0 Å². The summed E-state index contributed by atoms with van der Waals surface area (Å²) in [5.41, 5.74) is -0.341. The van der Waals surface area contributed by atoms with Crippen LogP contribution in [0.5, 0.6) is 0 Å². The summed E-state index contributed by atoms with van der Waals surface area (Å²) in [4.78, 5) is 0. The van der Waals surface area contributed by atoms with Crippen LogP contribution in [0.15, 0.2) is 11.6 Å². The van der Waals surface area contributed by atoms with E-state index in [4.69, 9.17) is 9.47 Å². The van der Waals surface area contributed by atoms with Crippen molar-refractivity contribution in [3.05, 3.63) is 11.6 Å². The molecular weight excluding hydrogens is 452 g/mol. The summed E-state index contributed by atoms with van der Waals surface area (Å²) in [6.07, 6.45) is 7.59. The molecule has 0 aromatic rings. The fourth-order valence-electron chi connectivity index (χ4n) is 10.7. The van der Waals surface area contributed by atoms with Gasteiger partial charge in [0, 0.05) is 25.6 Å². The van der Waals surface area contributed by atoms with E-state index in [0.717, 1.165) is 44.9 Å². The minimum Gasteiger partial charge on any atom is -0.393 e. The third-order valence-corrected chi connectivity index (χ3v) is 12.4. The summed E-state index contributed by atoms with van der Waals surface area (Å²) >= 11 is 0. The van der Waals surface area contributed by atoms with Crippen LogP contribution in [0.4, 0.5) is 0 Å².